The molecule has 1 aromatic rings. The quantitative estimate of drug-likeness (QED) is 0.127. The largest absolute Gasteiger partial charge is 0.478 e. The molecule has 41 heavy (non-hydrogen) atoms. The Bertz CT molecular complexity index is 1070. The van der Waals surface area contributed by atoms with Crippen LogP contribution in [0.4, 0.5) is 0 Å². The Labute approximate surface area is 266 Å². The van der Waals surface area contributed by atoms with Crippen molar-refractivity contribution in [3.63, 3.8) is 0 Å². The average Bonchev–Trinajstić information content (AvgIpc) is 3.12. The third kappa shape index (κ3) is 15.0. The van der Waals surface area contributed by atoms with Gasteiger partial charge in [-0.3, -0.25) is 8.37 Å². The number of unbranched alkanes of at least 4 members (excludes halogenated alkanes) is 2. The Hall–Kier alpha value is -0.000000000000000187. The highest BCUT2D eigenvalue weighted by Gasteiger charge is 2.36. The zero-order valence-corrected chi connectivity index (χ0v) is 30.3. The molecule has 1 aromatic heterocycles. The topological polar surface area (TPSA) is 124 Å². The SMILES string of the molecule is CC(C)(C)COS(=O)(=O)CCCCOCC1Oc2c(Br)sc(Br)c2OC1COCCCCS(=O)(=O)OCC(C)(C)C. The van der Waals surface area contributed by atoms with Gasteiger partial charge in [-0.15, -0.1) is 11.3 Å². The van der Waals surface area contributed by atoms with Crippen LogP contribution in [0.3, 0.4) is 0 Å². The predicted octanol–water partition coefficient (Wildman–Crippen LogP) is 6.16. The monoisotopic (exact) mass is 770 g/mol. The second kappa shape index (κ2) is 16.4. The van der Waals surface area contributed by atoms with Crippen LogP contribution in [0.15, 0.2) is 7.57 Å². The first-order valence-corrected chi connectivity index (χ1v) is 19.1. The minimum atomic E-state index is -3.57. The van der Waals surface area contributed by atoms with Crippen LogP contribution < -0.4 is 9.47 Å². The molecular formula is C26H44Br2O10S3. The maximum atomic E-state index is 12.1. The molecule has 2 atom stereocenters. The highest BCUT2D eigenvalue weighted by atomic mass is 79.9. The van der Waals surface area contributed by atoms with E-state index in [4.69, 9.17) is 27.3 Å². The first-order valence-electron chi connectivity index (χ1n) is 13.6. The van der Waals surface area contributed by atoms with Crippen molar-refractivity contribution < 1.29 is 44.1 Å². The van der Waals surface area contributed by atoms with Gasteiger partial charge >= 0.3 is 0 Å². The van der Waals surface area contributed by atoms with E-state index >= 15 is 0 Å². The summed E-state index contributed by atoms with van der Waals surface area (Å²) in [5.74, 6) is 1.06. The lowest BCUT2D eigenvalue weighted by atomic mass is 9.99. The molecule has 0 aromatic carbocycles. The highest BCUT2D eigenvalue weighted by molar-refractivity contribution is 9.12. The van der Waals surface area contributed by atoms with Crippen LogP contribution in [0.5, 0.6) is 11.5 Å². The van der Waals surface area contributed by atoms with Crippen molar-refractivity contribution >= 4 is 63.4 Å². The molecule has 1 aliphatic rings. The summed E-state index contributed by atoms with van der Waals surface area (Å²) in [6.07, 6.45) is 1.04. The van der Waals surface area contributed by atoms with E-state index in [-0.39, 0.29) is 48.8 Å². The smallest absolute Gasteiger partial charge is 0.267 e. The summed E-state index contributed by atoms with van der Waals surface area (Å²) in [6.45, 7) is 13.0. The lowest BCUT2D eigenvalue weighted by molar-refractivity contribution is -0.0667. The van der Waals surface area contributed by atoms with Gasteiger partial charge in [0.1, 0.15) is 7.57 Å². The first-order chi connectivity index (χ1) is 18.9. The van der Waals surface area contributed by atoms with E-state index < -0.39 is 32.4 Å². The fraction of sp³-hybridized carbons (Fsp3) is 0.846. The molecule has 10 nitrogen and oxygen atoms in total. The molecular weight excluding hydrogens is 728 g/mol. The molecule has 15 heteroatoms. The van der Waals surface area contributed by atoms with Crippen molar-refractivity contribution in [2.45, 2.75) is 79.4 Å². The maximum Gasteiger partial charge on any atom is 0.267 e. The molecule has 0 N–H and O–H groups in total. The molecule has 0 aliphatic carbocycles. The van der Waals surface area contributed by atoms with E-state index in [0.29, 0.717) is 50.4 Å². The number of rotatable bonds is 18. The van der Waals surface area contributed by atoms with Gasteiger partial charge in [0.05, 0.1) is 37.9 Å². The number of hydrogen-bond acceptors (Lipinski definition) is 11. The number of fused-ring (bicyclic) bond motifs is 1. The van der Waals surface area contributed by atoms with Crippen LogP contribution in [0.1, 0.15) is 67.2 Å². The third-order valence-electron chi connectivity index (χ3n) is 5.47. The molecule has 2 unspecified atom stereocenters. The lowest BCUT2D eigenvalue weighted by Crippen LogP contribution is -2.45. The minimum absolute atomic E-state index is 0.0603. The molecule has 0 amide bonds. The van der Waals surface area contributed by atoms with Crippen molar-refractivity contribution in [2.24, 2.45) is 10.8 Å². The van der Waals surface area contributed by atoms with E-state index in [1.54, 1.807) is 0 Å². The van der Waals surface area contributed by atoms with Gasteiger partial charge in [-0.1, -0.05) is 41.5 Å². The van der Waals surface area contributed by atoms with Crippen molar-refractivity contribution in [1.82, 2.24) is 0 Å². The molecule has 0 bridgehead atoms. The molecule has 1 aliphatic heterocycles. The summed E-state index contributed by atoms with van der Waals surface area (Å²) < 4.78 is 84.1. The average molecular weight is 773 g/mol. The van der Waals surface area contributed by atoms with Crippen molar-refractivity contribution in [2.75, 3.05) is 51.1 Å². The van der Waals surface area contributed by atoms with Crippen LogP contribution in [-0.2, 0) is 38.1 Å². The van der Waals surface area contributed by atoms with E-state index in [1.165, 1.54) is 11.3 Å². The van der Waals surface area contributed by atoms with E-state index in [2.05, 4.69) is 31.9 Å². The van der Waals surface area contributed by atoms with Gasteiger partial charge < -0.3 is 18.9 Å². The van der Waals surface area contributed by atoms with Gasteiger partial charge in [0.2, 0.25) is 0 Å². The number of hydrogen-bond donors (Lipinski definition) is 0. The van der Waals surface area contributed by atoms with Crippen molar-refractivity contribution in [3.05, 3.63) is 7.57 Å². The lowest BCUT2D eigenvalue weighted by Gasteiger charge is -2.32. The van der Waals surface area contributed by atoms with E-state index in [9.17, 15) is 16.8 Å². The van der Waals surface area contributed by atoms with Crippen LogP contribution in [-0.4, -0.2) is 80.2 Å². The van der Waals surface area contributed by atoms with Gasteiger partial charge in [-0.05, 0) is 68.4 Å². The van der Waals surface area contributed by atoms with Crippen LogP contribution >= 0.6 is 43.2 Å². The molecule has 0 spiro atoms. The van der Waals surface area contributed by atoms with Gasteiger partial charge in [-0.2, -0.15) is 16.8 Å². The zero-order valence-electron chi connectivity index (χ0n) is 24.7. The summed E-state index contributed by atoms with van der Waals surface area (Å²) >= 11 is 8.43. The number of halogens is 2. The van der Waals surface area contributed by atoms with Gasteiger partial charge in [0, 0.05) is 13.2 Å². The fourth-order valence-electron chi connectivity index (χ4n) is 3.30. The van der Waals surface area contributed by atoms with Crippen LogP contribution in [0, 0.1) is 10.8 Å². The van der Waals surface area contributed by atoms with Gasteiger partial charge in [-0.25, -0.2) is 0 Å². The molecule has 2 rings (SSSR count). The zero-order chi connectivity index (χ0) is 30.9. The second-order valence-corrected chi connectivity index (χ2v) is 19.5. The number of ether oxygens (including phenoxy) is 4. The van der Waals surface area contributed by atoms with Crippen LogP contribution in [0.2, 0.25) is 0 Å². The summed E-state index contributed by atoms with van der Waals surface area (Å²) in [5.41, 5.74) is -0.458. The summed E-state index contributed by atoms with van der Waals surface area (Å²) in [6, 6.07) is 0. The Morgan fingerprint density at radius 2 is 1.05 bits per heavy atom. The minimum Gasteiger partial charge on any atom is -0.478 e. The Morgan fingerprint density at radius 3 is 1.39 bits per heavy atom. The molecule has 0 saturated heterocycles. The molecule has 0 fully saturated rings. The molecule has 0 saturated carbocycles. The van der Waals surface area contributed by atoms with Crippen LogP contribution in [0.25, 0.3) is 0 Å². The molecule has 240 valence electrons. The fourth-order valence-corrected chi connectivity index (χ4v) is 8.51. The third-order valence-corrected chi connectivity index (χ3v) is 10.4. The Balaban J connectivity index is 1.77. The van der Waals surface area contributed by atoms with E-state index in [0.717, 1.165) is 7.57 Å². The standard InChI is InChI=1S/C26H44Br2O10S3/c1-25(2,3)17-35-40(29,30)13-9-7-11-33-15-19-20(38-22-21(37-19)23(27)39-24(22)28)16-34-12-8-10-14-41(31,32)36-18-26(4,5)6/h19-20H,7-18H2,1-6H3. The molecule has 2 heterocycles. The summed E-state index contributed by atoms with van der Waals surface area (Å²) in [4.78, 5) is 0. The van der Waals surface area contributed by atoms with Gasteiger partial charge in [0.15, 0.2) is 23.7 Å². The second-order valence-electron chi connectivity index (χ2n) is 12.4. The predicted molar refractivity (Wildman–Crippen MR) is 167 cm³/mol. The normalized spacial score (nSPS) is 18.1. The van der Waals surface area contributed by atoms with Crippen molar-refractivity contribution in [1.29, 1.82) is 0 Å². The first kappa shape index (κ1) is 37.2. The number of thiophene rings is 1. The Kier molecular flexibility index (Phi) is 14.8. The Morgan fingerprint density at radius 1 is 0.683 bits per heavy atom. The summed E-state index contributed by atoms with van der Waals surface area (Å²) in [5, 5.41) is 0. The highest BCUT2D eigenvalue weighted by Crippen LogP contribution is 2.51. The van der Waals surface area contributed by atoms with E-state index in [1.807, 2.05) is 41.5 Å². The van der Waals surface area contributed by atoms with Gasteiger partial charge in [0.25, 0.3) is 20.2 Å². The summed E-state index contributed by atoms with van der Waals surface area (Å²) in [7, 11) is -7.13. The molecule has 0 radical (unpaired) electrons. The maximum absolute atomic E-state index is 12.1. The van der Waals surface area contributed by atoms with Crippen molar-refractivity contribution in [3.8, 4) is 11.5 Å².